The van der Waals surface area contributed by atoms with Gasteiger partial charge in [0.1, 0.15) is 11.8 Å². The van der Waals surface area contributed by atoms with Crippen molar-refractivity contribution < 1.29 is 17.1 Å². The van der Waals surface area contributed by atoms with Gasteiger partial charge >= 0.3 is 0 Å². The third-order valence-electron chi connectivity index (χ3n) is 8.38. The summed E-state index contributed by atoms with van der Waals surface area (Å²) in [7, 11) is -3.78. The fourth-order valence-corrected chi connectivity index (χ4v) is 7.05. The van der Waals surface area contributed by atoms with E-state index in [9.17, 15) is 13.7 Å². The normalized spacial score (nSPS) is 17.0. The van der Waals surface area contributed by atoms with Gasteiger partial charge in [0.2, 0.25) is 0 Å². The zero-order valence-electron chi connectivity index (χ0n) is 24.9. The van der Waals surface area contributed by atoms with E-state index in [1.807, 2.05) is 32.9 Å². The van der Waals surface area contributed by atoms with Gasteiger partial charge in [-0.3, -0.25) is 4.18 Å². The van der Waals surface area contributed by atoms with E-state index in [1.54, 1.807) is 30.3 Å². The number of hydrogen-bond donors (Lipinski definition) is 0. The fraction of sp³-hybridized carbons (Fsp3) is 0.353. The third-order valence-corrected chi connectivity index (χ3v) is 9.99. The lowest BCUT2D eigenvalue weighted by atomic mass is 9.82. The van der Waals surface area contributed by atoms with Crippen LogP contribution in [0.2, 0.25) is 5.02 Å². The Labute approximate surface area is 259 Å². The van der Waals surface area contributed by atoms with E-state index >= 15 is 0 Å². The first-order valence-electron chi connectivity index (χ1n) is 14.5. The summed E-state index contributed by atoms with van der Waals surface area (Å²) in [5, 5.41) is 14.0. The first kappa shape index (κ1) is 30.8. The van der Waals surface area contributed by atoms with Crippen LogP contribution >= 0.6 is 11.6 Å². The Morgan fingerprint density at radius 3 is 2.30 bits per heavy atom. The molecule has 0 N–H and O–H groups in total. The van der Waals surface area contributed by atoms with Crippen LogP contribution in [0.4, 0.5) is 11.4 Å². The van der Waals surface area contributed by atoms with Crippen molar-refractivity contribution in [2.75, 3.05) is 18.1 Å². The van der Waals surface area contributed by atoms with E-state index in [0.717, 1.165) is 77.3 Å². The molecule has 1 aliphatic rings. The molecule has 1 aliphatic carbocycles. The standard InChI is InChI=1S/C34H36ClN3O4S/c1-22-5-15-31(16-6-22)43(39,40)41-21-27-10-8-26(9-11-27)20-38(30-14-13-29(19-36)32(35)18-30)33-17-28(12-7-23(33)2)34-24(3)37-42-25(34)4/h5-7,12-18,26-27H,8-11,20-21H2,1-4H3. The molecule has 7 nitrogen and oxygen atoms in total. The SMILES string of the molecule is Cc1ccc(S(=O)(=O)OCC2CCC(CN(c3ccc(C#N)c(Cl)c3)c3cc(-c4c(C)noc4C)ccc3C)CC2)cc1. The molecule has 0 amide bonds. The van der Waals surface area contributed by atoms with E-state index in [0.29, 0.717) is 16.5 Å². The second-order valence-corrected chi connectivity index (χ2v) is 13.5. The Bertz CT molecular complexity index is 1730. The molecular weight excluding hydrogens is 582 g/mol. The van der Waals surface area contributed by atoms with Gasteiger partial charge < -0.3 is 9.42 Å². The molecule has 0 saturated heterocycles. The molecule has 0 spiro atoms. The molecule has 1 aromatic heterocycles. The van der Waals surface area contributed by atoms with E-state index < -0.39 is 10.1 Å². The summed E-state index contributed by atoms with van der Waals surface area (Å²) < 4.78 is 36.3. The van der Waals surface area contributed by atoms with Gasteiger partial charge in [-0.1, -0.05) is 46.6 Å². The quantitative estimate of drug-likeness (QED) is 0.174. The van der Waals surface area contributed by atoms with Crippen molar-refractivity contribution in [1.29, 1.82) is 5.26 Å². The zero-order valence-corrected chi connectivity index (χ0v) is 26.5. The Kier molecular flexibility index (Phi) is 9.26. The fourth-order valence-electron chi connectivity index (χ4n) is 5.85. The number of aromatic nitrogens is 1. The molecule has 0 aliphatic heterocycles. The topological polar surface area (TPSA) is 96.4 Å². The average Bonchev–Trinajstić information content (AvgIpc) is 3.33. The third kappa shape index (κ3) is 6.96. The van der Waals surface area contributed by atoms with E-state index in [-0.39, 0.29) is 17.4 Å². The highest BCUT2D eigenvalue weighted by Gasteiger charge is 2.27. The van der Waals surface area contributed by atoms with Crippen molar-refractivity contribution in [1.82, 2.24) is 5.16 Å². The first-order valence-corrected chi connectivity index (χ1v) is 16.3. The largest absolute Gasteiger partial charge is 0.361 e. The molecule has 9 heteroatoms. The number of benzene rings is 3. The number of halogens is 1. The van der Waals surface area contributed by atoms with Gasteiger partial charge in [0.25, 0.3) is 10.1 Å². The minimum absolute atomic E-state index is 0.180. The van der Waals surface area contributed by atoms with E-state index in [2.05, 4.69) is 41.2 Å². The number of anilines is 2. The first-order chi connectivity index (χ1) is 20.6. The lowest BCUT2D eigenvalue weighted by molar-refractivity contribution is 0.189. The van der Waals surface area contributed by atoms with Crippen LogP contribution in [0.25, 0.3) is 11.1 Å². The zero-order chi connectivity index (χ0) is 30.7. The summed E-state index contributed by atoms with van der Waals surface area (Å²) >= 11 is 6.51. The molecule has 43 heavy (non-hydrogen) atoms. The second-order valence-electron chi connectivity index (χ2n) is 11.5. The van der Waals surface area contributed by atoms with E-state index in [1.165, 1.54) is 0 Å². The van der Waals surface area contributed by atoms with Crippen LogP contribution < -0.4 is 4.90 Å². The van der Waals surface area contributed by atoms with Crippen LogP contribution in [0.1, 0.15) is 53.8 Å². The Balaban J connectivity index is 1.34. The van der Waals surface area contributed by atoms with Crippen molar-refractivity contribution in [3.05, 3.63) is 93.8 Å². The molecule has 1 saturated carbocycles. The number of nitriles is 1. The van der Waals surface area contributed by atoms with Crippen LogP contribution in [0.5, 0.6) is 0 Å². The molecule has 1 heterocycles. The highest BCUT2D eigenvalue weighted by Crippen LogP contribution is 2.39. The molecule has 1 fully saturated rings. The van der Waals surface area contributed by atoms with Gasteiger partial charge in [0.05, 0.1) is 27.8 Å². The number of aryl methyl sites for hydroxylation is 4. The van der Waals surface area contributed by atoms with Crippen LogP contribution in [0.15, 0.2) is 70.1 Å². The molecule has 224 valence electrons. The monoisotopic (exact) mass is 617 g/mol. The molecule has 3 aromatic carbocycles. The van der Waals surface area contributed by atoms with Crippen molar-refractivity contribution in [3.63, 3.8) is 0 Å². The number of nitrogens with zero attached hydrogens (tertiary/aromatic N) is 3. The molecule has 0 radical (unpaired) electrons. The van der Waals surface area contributed by atoms with Gasteiger partial charge in [-0.25, -0.2) is 0 Å². The van der Waals surface area contributed by atoms with Crippen molar-refractivity contribution in [2.24, 2.45) is 11.8 Å². The Hall–Kier alpha value is -3.64. The predicted octanol–water partition coefficient (Wildman–Crippen LogP) is 8.45. The molecule has 0 atom stereocenters. The van der Waals surface area contributed by atoms with Gasteiger partial charge in [-0.15, -0.1) is 0 Å². The van der Waals surface area contributed by atoms with Crippen LogP contribution in [-0.2, 0) is 14.3 Å². The Morgan fingerprint density at radius 2 is 1.67 bits per heavy atom. The lowest BCUT2D eigenvalue weighted by Gasteiger charge is -2.35. The summed E-state index contributed by atoms with van der Waals surface area (Å²) in [6.07, 6.45) is 3.66. The number of hydrogen-bond acceptors (Lipinski definition) is 7. The number of rotatable bonds is 9. The molecular formula is C34H36ClN3O4S. The summed E-state index contributed by atoms with van der Waals surface area (Å²) in [5.41, 5.74) is 7.36. The van der Waals surface area contributed by atoms with Gasteiger partial charge in [-0.05, 0) is 113 Å². The van der Waals surface area contributed by atoms with E-state index in [4.69, 9.17) is 20.3 Å². The highest BCUT2D eigenvalue weighted by atomic mass is 35.5. The minimum Gasteiger partial charge on any atom is -0.361 e. The molecule has 0 bridgehead atoms. The van der Waals surface area contributed by atoms with Crippen molar-refractivity contribution in [3.8, 4) is 17.2 Å². The summed E-state index contributed by atoms with van der Waals surface area (Å²) in [6.45, 7) is 8.82. The van der Waals surface area contributed by atoms with Gasteiger partial charge in [0, 0.05) is 23.5 Å². The van der Waals surface area contributed by atoms with Crippen molar-refractivity contribution >= 4 is 33.1 Å². The van der Waals surface area contributed by atoms with Crippen molar-refractivity contribution in [2.45, 2.75) is 58.3 Å². The summed E-state index contributed by atoms with van der Waals surface area (Å²) in [5.74, 6) is 1.32. The lowest BCUT2D eigenvalue weighted by Crippen LogP contribution is -2.30. The highest BCUT2D eigenvalue weighted by molar-refractivity contribution is 7.86. The van der Waals surface area contributed by atoms with Gasteiger partial charge in [0.15, 0.2) is 0 Å². The predicted molar refractivity (Wildman–Crippen MR) is 169 cm³/mol. The molecule has 4 aromatic rings. The van der Waals surface area contributed by atoms with Crippen LogP contribution in [0.3, 0.4) is 0 Å². The average molecular weight is 618 g/mol. The maximum atomic E-state index is 12.7. The molecule has 5 rings (SSSR count). The second kappa shape index (κ2) is 12.9. The van der Waals surface area contributed by atoms with Crippen LogP contribution in [-0.4, -0.2) is 26.7 Å². The minimum atomic E-state index is -3.78. The van der Waals surface area contributed by atoms with Crippen LogP contribution in [0, 0.1) is 50.9 Å². The Morgan fingerprint density at radius 1 is 0.977 bits per heavy atom. The maximum Gasteiger partial charge on any atom is 0.296 e. The molecule has 0 unspecified atom stereocenters. The smallest absolute Gasteiger partial charge is 0.296 e. The summed E-state index contributed by atoms with van der Waals surface area (Å²) in [4.78, 5) is 2.48. The van der Waals surface area contributed by atoms with Gasteiger partial charge in [-0.2, -0.15) is 13.7 Å². The summed E-state index contributed by atoms with van der Waals surface area (Å²) in [6, 6.07) is 20.8. The maximum absolute atomic E-state index is 12.7.